The van der Waals surface area contributed by atoms with Crippen LogP contribution in [-0.4, -0.2) is 18.3 Å². The van der Waals surface area contributed by atoms with Crippen molar-refractivity contribution < 1.29 is 9.53 Å². The van der Waals surface area contributed by atoms with E-state index in [-0.39, 0.29) is 11.2 Å². The van der Waals surface area contributed by atoms with Crippen LogP contribution in [0, 0.1) is 6.92 Å². The minimum atomic E-state index is -0.185. The molecule has 0 radical (unpaired) electrons. The lowest BCUT2D eigenvalue weighted by atomic mass is 10.2. The van der Waals surface area contributed by atoms with E-state index in [1.165, 1.54) is 24.4 Å². The Morgan fingerprint density at radius 2 is 1.93 bits per heavy atom. The van der Waals surface area contributed by atoms with Crippen LogP contribution in [0.2, 0.25) is 0 Å². The predicted molar refractivity (Wildman–Crippen MR) is 58.5 cm³/mol. The molecule has 0 aliphatic rings. The fourth-order valence-corrected chi connectivity index (χ4v) is 1.93. The zero-order valence-electron chi connectivity index (χ0n) is 8.61. The molecule has 0 N–H and O–H groups in total. The van der Waals surface area contributed by atoms with Crippen LogP contribution in [0.25, 0.3) is 0 Å². The summed E-state index contributed by atoms with van der Waals surface area (Å²) >= 11 is 1.51. The predicted octanol–water partition coefficient (Wildman–Crippen LogP) is 2.65. The van der Waals surface area contributed by atoms with Gasteiger partial charge >= 0.3 is 5.97 Å². The van der Waals surface area contributed by atoms with Gasteiger partial charge in [0.05, 0.1) is 7.11 Å². The van der Waals surface area contributed by atoms with Crippen LogP contribution in [0.1, 0.15) is 12.5 Å². The summed E-state index contributed by atoms with van der Waals surface area (Å²) in [7, 11) is 1.41. The van der Waals surface area contributed by atoms with Crippen LogP contribution in [0.15, 0.2) is 29.2 Å². The van der Waals surface area contributed by atoms with Crippen molar-refractivity contribution in [3.05, 3.63) is 29.8 Å². The molecule has 0 heterocycles. The molecule has 3 heteroatoms. The minimum absolute atomic E-state index is 0.150. The lowest BCUT2D eigenvalue weighted by molar-refractivity contribution is -0.139. The summed E-state index contributed by atoms with van der Waals surface area (Å²) in [6, 6.07) is 8.09. The van der Waals surface area contributed by atoms with Gasteiger partial charge in [-0.1, -0.05) is 17.7 Å². The lowest BCUT2D eigenvalue weighted by Crippen LogP contribution is -2.14. The number of carbonyl (C=O) groups excluding carboxylic acids is 1. The van der Waals surface area contributed by atoms with E-state index in [4.69, 9.17) is 0 Å². The number of benzene rings is 1. The maximum absolute atomic E-state index is 11.1. The number of hydrogen-bond donors (Lipinski definition) is 0. The first kappa shape index (κ1) is 11.1. The molecule has 0 fully saturated rings. The minimum Gasteiger partial charge on any atom is -0.468 e. The molecule has 1 rings (SSSR count). The highest BCUT2D eigenvalue weighted by Crippen LogP contribution is 2.23. The third-order valence-corrected chi connectivity index (χ3v) is 2.96. The second-order valence-electron chi connectivity index (χ2n) is 3.10. The van der Waals surface area contributed by atoms with Gasteiger partial charge < -0.3 is 4.74 Å². The lowest BCUT2D eigenvalue weighted by Gasteiger charge is -2.08. The third-order valence-electron chi connectivity index (χ3n) is 1.87. The molecule has 76 valence electrons. The molecule has 0 bridgehead atoms. The number of carbonyl (C=O) groups is 1. The maximum atomic E-state index is 11.1. The van der Waals surface area contributed by atoms with Crippen LogP contribution >= 0.6 is 11.8 Å². The third kappa shape index (κ3) is 3.07. The molecule has 0 saturated carbocycles. The molecule has 1 atom stereocenters. The standard InChI is InChI=1S/C11H14O2S/c1-8-4-6-10(7-5-8)14-9(2)11(12)13-3/h4-7,9H,1-3H3. The number of ether oxygens (including phenoxy) is 1. The second kappa shape index (κ2) is 5.05. The van der Waals surface area contributed by atoms with E-state index in [1.54, 1.807) is 0 Å². The van der Waals surface area contributed by atoms with Crippen LogP contribution in [0.4, 0.5) is 0 Å². The van der Waals surface area contributed by atoms with Crippen molar-refractivity contribution in [2.24, 2.45) is 0 Å². The summed E-state index contributed by atoms with van der Waals surface area (Å²) in [5.74, 6) is -0.185. The summed E-state index contributed by atoms with van der Waals surface area (Å²) in [6.07, 6.45) is 0. The van der Waals surface area contributed by atoms with Gasteiger partial charge in [0.2, 0.25) is 0 Å². The molecular formula is C11H14O2S. The van der Waals surface area contributed by atoms with Gasteiger partial charge in [0, 0.05) is 4.90 Å². The summed E-state index contributed by atoms with van der Waals surface area (Å²) in [4.78, 5) is 12.2. The highest BCUT2D eigenvalue weighted by atomic mass is 32.2. The van der Waals surface area contributed by atoms with Gasteiger partial charge in [-0.3, -0.25) is 4.79 Å². The van der Waals surface area contributed by atoms with E-state index in [0.717, 1.165) is 4.90 Å². The van der Waals surface area contributed by atoms with E-state index in [1.807, 2.05) is 38.1 Å². The van der Waals surface area contributed by atoms with Crippen LogP contribution in [0.3, 0.4) is 0 Å². The van der Waals surface area contributed by atoms with Crippen molar-refractivity contribution in [3.8, 4) is 0 Å². The first-order valence-corrected chi connectivity index (χ1v) is 5.32. The van der Waals surface area contributed by atoms with Crippen molar-refractivity contribution in [1.82, 2.24) is 0 Å². The molecule has 1 aromatic rings. The average molecular weight is 210 g/mol. The van der Waals surface area contributed by atoms with Crippen molar-refractivity contribution in [3.63, 3.8) is 0 Å². The molecule has 0 amide bonds. The molecule has 0 aromatic heterocycles. The van der Waals surface area contributed by atoms with E-state index in [9.17, 15) is 4.79 Å². The van der Waals surface area contributed by atoms with Crippen molar-refractivity contribution in [2.45, 2.75) is 24.0 Å². The number of esters is 1. The van der Waals surface area contributed by atoms with Gasteiger partial charge in [0.15, 0.2) is 0 Å². The number of methoxy groups -OCH3 is 1. The van der Waals surface area contributed by atoms with Crippen molar-refractivity contribution >= 4 is 17.7 Å². The van der Waals surface area contributed by atoms with Gasteiger partial charge in [0.1, 0.15) is 5.25 Å². The Morgan fingerprint density at radius 3 is 2.43 bits per heavy atom. The SMILES string of the molecule is COC(=O)C(C)Sc1ccc(C)cc1. The zero-order valence-corrected chi connectivity index (χ0v) is 9.43. The molecule has 1 aromatic carbocycles. The smallest absolute Gasteiger partial charge is 0.318 e. The largest absolute Gasteiger partial charge is 0.468 e. The number of aryl methyl sites for hydroxylation is 1. The van der Waals surface area contributed by atoms with Gasteiger partial charge in [-0.15, -0.1) is 11.8 Å². The van der Waals surface area contributed by atoms with Gasteiger partial charge in [-0.25, -0.2) is 0 Å². The Morgan fingerprint density at radius 1 is 1.36 bits per heavy atom. The molecule has 0 saturated heterocycles. The van der Waals surface area contributed by atoms with Gasteiger partial charge in [-0.2, -0.15) is 0 Å². The maximum Gasteiger partial charge on any atom is 0.318 e. The second-order valence-corrected chi connectivity index (χ2v) is 4.51. The number of hydrogen-bond acceptors (Lipinski definition) is 3. The van der Waals surface area contributed by atoms with Crippen molar-refractivity contribution in [2.75, 3.05) is 7.11 Å². The quantitative estimate of drug-likeness (QED) is 0.566. The molecule has 0 aliphatic carbocycles. The summed E-state index contributed by atoms with van der Waals surface area (Å²) in [5, 5.41) is -0.150. The summed E-state index contributed by atoms with van der Waals surface area (Å²) < 4.78 is 4.65. The topological polar surface area (TPSA) is 26.3 Å². The highest BCUT2D eigenvalue weighted by Gasteiger charge is 2.13. The van der Waals surface area contributed by atoms with E-state index < -0.39 is 0 Å². The summed E-state index contributed by atoms with van der Waals surface area (Å²) in [5.41, 5.74) is 1.22. The molecule has 2 nitrogen and oxygen atoms in total. The van der Waals surface area contributed by atoms with Crippen molar-refractivity contribution in [1.29, 1.82) is 0 Å². The van der Waals surface area contributed by atoms with E-state index in [2.05, 4.69) is 4.74 Å². The van der Waals surface area contributed by atoms with Gasteiger partial charge in [-0.05, 0) is 26.0 Å². The van der Waals surface area contributed by atoms with E-state index in [0.29, 0.717) is 0 Å². The fraction of sp³-hybridized carbons (Fsp3) is 0.364. The normalized spacial score (nSPS) is 12.2. The van der Waals surface area contributed by atoms with Gasteiger partial charge in [0.25, 0.3) is 0 Å². The first-order valence-electron chi connectivity index (χ1n) is 4.44. The Bertz CT molecular complexity index is 306. The Kier molecular flexibility index (Phi) is 4.01. The molecule has 0 spiro atoms. The number of thioether (sulfide) groups is 1. The Labute approximate surface area is 88.7 Å². The highest BCUT2D eigenvalue weighted by molar-refractivity contribution is 8.00. The molecular weight excluding hydrogens is 196 g/mol. The summed E-state index contributed by atoms with van der Waals surface area (Å²) in [6.45, 7) is 3.88. The Hall–Kier alpha value is -0.960. The number of rotatable bonds is 3. The van der Waals surface area contributed by atoms with E-state index >= 15 is 0 Å². The zero-order chi connectivity index (χ0) is 10.6. The average Bonchev–Trinajstić information content (AvgIpc) is 2.20. The molecule has 0 aliphatic heterocycles. The van der Waals surface area contributed by atoms with Crippen LogP contribution in [0.5, 0.6) is 0 Å². The molecule has 14 heavy (non-hydrogen) atoms. The fourth-order valence-electron chi connectivity index (χ4n) is 1.04. The first-order chi connectivity index (χ1) is 6.63. The molecule has 1 unspecified atom stereocenters. The van der Waals surface area contributed by atoms with Crippen LogP contribution in [-0.2, 0) is 9.53 Å². The van der Waals surface area contributed by atoms with Crippen LogP contribution < -0.4 is 0 Å². The monoisotopic (exact) mass is 210 g/mol. The Balaban J connectivity index is 2.60.